The highest BCUT2D eigenvalue weighted by Gasteiger charge is 2.51. The minimum Gasteiger partial charge on any atom is -0.452 e. The van der Waals surface area contributed by atoms with Gasteiger partial charge in [0, 0.05) is 11.7 Å². The number of carbonyl (C=O) groups is 2. The maximum atomic E-state index is 12.3. The molecule has 4 saturated carbocycles. The number of rotatable bonds is 4. The normalized spacial score (nSPS) is 33.3. The lowest BCUT2D eigenvalue weighted by Crippen LogP contribution is -2.60. The van der Waals surface area contributed by atoms with Crippen molar-refractivity contribution < 1.29 is 14.3 Å². The molecule has 0 aliphatic heterocycles. The van der Waals surface area contributed by atoms with Crippen molar-refractivity contribution in [2.24, 2.45) is 17.8 Å². The summed E-state index contributed by atoms with van der Waals surface area (Å²) in [6.07, 6.45) is 8.58. The van der Waals surface area contributed by atoms with Crippen LogP contribution < -0.4 is 5.32 Å². The quantitative estimate of drug-likeness (QED) is 0.671. The highest BCUT2D eigenvalue weighted by Crippen LogP contribution is 2.55. The maximum Gasteiger partial charge on any atom is 0.340 e. The first-order chi connectivity index (χ1) is 11.5. The highest BCUT2D eigenvalue weighted by atomic mass is 35.5. The van der Waals surface area contributed by atoms with E-state index < -0.39 is 5.97 Å². The molecule has 0 spiro atoms. The Morgan fingerprint density at radius 1 is 1.17 bits per heavy atom. The number of hydrogen-bond acceptors (Lipinski definition) is 4. The molecule has 4 bridgehead atoms. The lowest BCUT2D eigenvalue weighted by atomic mass is 9.53. The smallest absolute Gasteiger partial charge is 0.340 e. The van der Waals surface area contributed by atoms with Crippen molar-refractivity contribution in [1.29, 1.82) is 0 Å². The van der Waals surface area contributed by atoms with Crippen molar-refractivity contribution in [3.8, 4) is 0 Å². The summed E-state index contributed by atoms with van der Waals surface area (Å²) in [6.45, 7) is -0.247. The molecule has 0 atom stereocenters. The summed E-state index contributed by atoms with van der Waals surface area (Å²) in [7, 11) is 0. The van der Waals surface area contributed by atoms with Crippen LogP contribution in [0.4, 0.5) is 0 Å². The summed E-state index contributed by atoms with van der Waals surface area (Å²) >= 11 is 5.69. The van der Waals surface area contributed by atoms with E-state index in [2.05, 4.69) is 10.3 Å². The van der Waals surface area contributed by atoms with Crippen LogP contribution >= 0.6 is 11.6 Å². The van der Waals surface area contributed by atoms with Crippen LogP contribution in [0.25, 0.3) is 0 Å². The number of amides is 1. The summed E-state index contributed by atoms with van der Waals surface area (Å²) in [5.74, 6) is 1.53. The number of ether oxygens (including phenoxy) is 1. The lowest BCUT2D eigenvalue weighted by Gasteiger charge is -2.56. The number of pyridine rings is 1. The van der Waals surface area contributed by atoms with Gasteiger partial charge in [0.25, 0.3) is 5.91 Å². The van der Waals surface area contributed by atoms with E-state index in [1.807, 2.05) is 0 Å². The molecule has 24 heavy (non-hydrogen) atoms. The Balaban J connectivity index is 1.32. The summed E-state index contributed by atoms with van der Waals surface area (Å²) in [6, 6.07) is 3.06. The number of nitrogens with zero attached hydrogens (tertiary/aromatic N) is 1. The first kappa shape index (κ1) is 15.9. The van der Waals surface area contributed by atoms with Gasteiger partial charge in [-0.15, -0.1) is 0 Å². The fraction of sp³-hybridized carbons (Fsp3) is 0.611. The summed E-state index contributed by atoms with van der Waals surface area (Å²) in [5.41, 5.74) is 0.238. The number of halogens is 1. The van der Waals surface area contributed by atoms with Crippen molar-refractivity contribution in [2.45, 2.75) is 44.1 Å². The van der Waals surface area contributed by atoms with Gasteiger partial charge in [-0.2, -0.15) is 0 Å². The van der Waals surface area contributed by atoms with E-state index in [9.17, 15) is 9.59 Å². The van der Waals surface area contributed by atoms with Crippen LogP contribution in [-0.2, 0) is 9.53 Å². The predicted molar refractivity (Wildman–Crippen MR) is 88.6 cm³/mol. The molecular weight excluding hydrogens is 328 g/mol. The second-order valence-electron chi connectivity index (χ2n) is 7.69. The molecule has 4 aliphatic rings. The van der Waals surface area contributed by atoms with E-state index in [4.69, 9.17) is 16.3 Å². The van der Waals surface area contributed by atoms with Crippen LogP contribution in [0.3, 0.4) is 0 Å². The SMILES string of the molecule is O=C(COC(=O)c1ccc(Cl)nc1)NC12CC3CC(CC(C3)C1)C2. The highest BCUT2D eigenvalue weighted by molar-refractivity contribution is 6.29. The first-order valence-electron chi connectivity index (χ1n) is 8.61. The third-order valence-electron chi connectivity index (χ3n) is 5.74. The van der Waals surface area contributed by atoms with Crippen LogP contribution in [0.2, 0.25) is 5.15 Å². The Morgan fingerprint density at radius 2 is 1.79 bits per heavy atom. The average Bonchev–Trinajstić information content (AvgIpc) is 2.51. The number of aromatic nitrogens is 1. The molecule has 5 rings (SSSR count). The molecule has 4 fully saturated rings. The molecule has 0 radical (unpaired) electrons. The molecular formula is C18H21ClN2O3. The van der Waals surface area contributed by atoms with Gasteiger partial charge in [-0.25, -0.2) is 9.78 Å². The fourth-order valence-corrected chi connectivity index (χ4v) is 5.42. The maximum absolute atomic E-state index is 12.3. The molecule has 1 amide bonds. The zero-order chi connectivity index (χ0) is 16.7. The molecule has 1 N–H and O–H groups in total. The van der Waals surface area contributed by atoms with Crippen LogP contribution in [0.1, 0.15) is 48.9 Å². The monoisotopic (exact) mass is 348 g/mol. The van der Waals surface area contributed by atoms with Gasteiger partial charge in [-0.1, -0.05) is 11.6 Å². The van der Waals surface area contributed by atoms with Crippen molar-refractivity contribution in [1.82, 2.24) is 10.3 Å². The van der Waals surface area contributed by atoms with Gasteiger partial charge < -0.3 is 10.1 Å². The Bertz CT molecular complexity index is 623. The van der Waals surface area contributed by atoms with E-state index in [0.717, 1.165) is 37.0 Å². The number of carbonyl (C=O) groups excluding carboxylic acids is 2. The predicted octanol–water partition coefficient (Wildman–Crippen LogP) is 2.98. The minimum atomic E-state index is -0.556. The largest absolute Gasteiger partial charge is 0.452 e. The second-order valence-corrected chi connectivity index (χ2v) is 8.08. The Labute approximate surface area is 146 Å². The van der Waals surface area contributed by atoms with E-state index in [0.29, 0.717) is 10.7 Å². The van der Waals surface area contributed by atoms with E-state index in [-0.39, 0.29) is 18.1 Å². The first-order valence-corrected chi connectivity index (χ1v) is 8.99. The molecule has 5 nitrogen and oxygen atoms in total. The zero-order valence-electron chi connectivity index (χ0n) is 13.5. The Hall–Kier alpha value is -1.62. The van der Waals surface area contributed by atoms with E-state index in [1.165, 1.54) is 37.6 Å². The molecule has 1 aromatic rings. The van der Waals surface area contributed by atoms with Gasteiger partial charge in [-0.05, 0) is 68.4 Å². The molecule has 4 aliphatic carbocycles. The summed E-state index contributed by atoms with van der Waals surface area (Å²) in [4.78, 5) is 28.1. The molecule has 1 heterocycles. The Kier molecular flexibility index (Phi) is 3.99. The van der Waals surface area contributed by atoms with Gasteiger partial charge in [0.1, 0.15) is 5.15 Å². The van der Waals surface area contributed by atoms with Crippen LogP contribution in [0, 0.1) is 17.8 Å². The summed E-state index contributed by atoms with van der Waals surface area (Å²) in [5, 5.41) is 3.50. The zero-order valence-corrected chi connectivity index (χ0v) is 14.2. The van der Waals surface area contributed by atoms with Crippen LogP contribution in [0.15, 0.2) is 18.3 Å². The van der Waals surface area contributed by atoms with Crippen LogP contribution in [-0.4, -0.2) is 29.0 Å². The third-order valence-corrected chi connectivity index (χ3v) is 5.96. The van der Waals surface area contributed by atoms with Gasteiger partial charge in [0.05, 0.1) is 5.56 Å². The second kappa shape index (κ2) is 6.03. The summed E-state index contributed by atoms with van der Waals surface area (Å²) < 4.78 is 5.11. The lowest BCUT2D eigenvalue weighted by molar-refractivity contribution is -0.130. The standard InChI is InChI=1S/C18H21ClN2O3/c19-15-2-1-14(9-20-15)17(23)24-10-16(22)21-18-6-11-3-12(7-18)5-13(4-11)8-18/h1-2,9,11-13H,3-8,10H2,(H,21,22). The molecule has 0 saturated heterocycles. The third kappa shape index (κ3) is 3.14. The van der Waals surface area contributed by atoms with Gasteiger partial charge in [-0.3, -0.25) is 4.79 Å². The average molecular weight is 349 g/mol. The van der Waals surface area contributed by atoms with Gasteiger partial charge in [0.15, 0.2) is 6.61 Å². The van der Waals surface area contributed by atoms with Crippen molar-refractivity contribution >= 4 is 23.5 Å². The molecule has 0 unspecified atom stereocenters. The van der Waals surface area contributed by atoms with Crippen molar-refractivity contribution in [3.63, 3.8) is 0 Å². The van der Waals surface area contributed by atoms with Gasteiger partial charge >= 0.3 is 5.97 Å². The molecule has 6 heteroatoms. The van der Waals surface area contributed by atoms with E-state index in [1.54, 1.807) is 0 Å². The van der Waals surface area contributed by atoms with Crippen LogP contribution in [0.5, 0.6) is 0 Å². The molecule has 128 valence electrons. The number of hydrogen-bond donors (Lipinski definition) is 1. The fourth-order valence-electron chi connectivity index (χ4n) is 5.31. The minimum absolute atomic E-state index is 0.0555. The van der Waals surface area contributed by atoms with E-state index >= 15 is 0 Å². The van der Waals surface area contributed by atoms with Gasteiger partial charge in [0.2, 0.25) is 0 Å². The molecule has 0 aromatic carbocycles. The van der Waals surface area contributed by atoms with Crippen molar-refractivity contribution in [2.75, 3.05) is 6.61 Å². The number of esters is 1. The topological polar surface area (TPSA) is 68.3 Å². The number of nitrogens with one attached hydrogen (secondary N) is 1. The Morgan fingerprint density at radius 3 is 2.33 bits per heavy atom. The van der Waals surface area contributed by atoms with Crippen molar-refractivity contribution in [3.05, 3.63) is 29.0 Å². The molecule has 1 aromatic heterocycles.